The molecule has 0 radical (unpaired) electrons. The molecule has 0 saturated heterocycles. The monoisotopic (exact) mass is 332 g/mol. The highest BCUT2D eigenvalue weighted by Crippen LogP contribution is 2.32. The normalized spacial score (nSPS) is 15.6. The summed E-state index contributed by atoms with van der Waals surface area (Å²) in [7, 11) is -3.51. The summed E-state index contributed by atoms with van der Waals surface area (Å²) in [6, 6.07) is 4.48. The van der Waals surface area contributed by atoms with Crippen molar-refractivity contribution in [2.75, 3.05) is 13.1 Å². The van der Waals surface area contributed by atoms with Crippen LogP contribution in [-0.4, -0.2) is 30.8 Å². The fraction of sp³-hybridized carbons (Fsp3) is 0.462. The second-order valence-corrected chi connectivity index (χ2v) is 7.69. The first-order valence-electron chi connectivity index (χ1n) is 6.45. The number of nitrogens with zero attached hydrogens (tertiary/aromatic N) is 1. The molecule has 0 heterocycles. The minimum absolute atomic E-state index is 0.157. The van der Waals surface area contributed by atoms with Gasteiger partial charge >= 0.3 is 0 Å². The van der Waals surface area contributed by atoms with E-state index in [1.165, 1.54) is 16.4 Å². The number of hydrogen-bond donors (Lipinski definition) is 1. The summed E-state index contributed by atoms with van der Waals surface area (Å²) in [5.41, 5.74) is 6.01. The first-order chi connectivity index (χ1) is 9.36. The zero-order valence-corrected chi connectivity index (χ0v) is 13.6. The van der Waals surface area contributed by atoms with Crippen molar-refractivity contribution in [1.82, 2.24) is 4.31 Å². The molecular formula is C13H17ClN2O2S2. The van der Waals surface area contributed by atoms with Gasteiger partial charge in [-0.15, -0.1) is 0 Å². The van der Waals surface area contributed by atoms with E-state index < -0.39 is 10.0 Å². The van der Waals surface area contributed by atoms with Gasteiger partial charge in [-0.2, -0.15) is 4.31 Å². The number of halogens is 1. The van der Waals surface area contributed by atoms with Crippen LogP contribution in [0.25, 0.3) is 0 Å². The average Bonchev–Trinajstić information content (AvgIpc) is 3.19. The predicted molar refractivity (Wildman–Crippen MR) is 84.5 cm³/mol. The van der Waals surface area contributed by atoms with Gasteiger partial charge in [-0.05, 0) is 37.0 Å². The van der Waals surface area contributed by atoms with E-state index in [9.17, 15) is 8.42 Å². The van der Waals surface area contributed by atoms with Crippen molar-refractivity contribution >= 4 is 38.8 Å². The van der Waals surface area contributed by atoms with Crippen molar-refractivity contribution in [1.29, 1.82) is 0 Å². The molecule has 0 aromatic heterocycles. The maximum Gasteiger partial charge on any atom is 0.243 e. The molecule has 1 aromatic carbocycles. The molecule has 110 valence electrons. The molecule has 4 nitrogen and oxygen atoms in total. The van der Waals surface area contributed by atoms with Gasteiger partial charge in [0.25, 0.3) is 0 Å². The maximum absolute atomic E-state index is 12.6. The molecule has 7 heteroatoms. The lowest BCUT2D eigenvalue weighted by molar-refractivity contribution is 0.412. The molecule has 0 amide bonds. The van der Waals surface area contributed by atoms with E-state index in [-0.39, 0.29) is 14.9 Å². The van der Waals surface area contributed by atoms with Gasteiger partial charge in [0.05, 0.1) is 9.92 Å². The molecule has 2 rings (SSSR count). The highest BCUT2D eigenvalue weighted by Gasteiger charge is 2.30. The van der Waals surface area contributed by atoms with Crippen molar-refractivity contribution in [3.63, 3.8) is 0 Å². The van der Waals surface area contributed by atoms with Crippen LogP contribution in [0.4, 0.5) is 0 Å². The number of rotatable bonds is 6. The number of benzene rings is 1. The zero-order valence-electron chi connectivity index (χ0n) is 11.2. The Morgan fingerprint density at radius 1 is 1.50 bits per heavy atom. The van der Waals surface area contributed by atoms with Gasteiger partial charge in [0.2, 0.25) is 10.0 Å². The standard InChI is InChI=1S/C13H17ClN2O2S2/c1-2-16(8-9-3-4-9)20(17,18)10-5-6-11(13(15)19)12(14)7-10/h5-7,9H,2-4,8H2,1H3,(H2,15,19). The highest BCUT2D eigenvalue weighted by molar-refractivity contribution is 7.89. The smallest absolute Gasteiger partial charge is 0.243 e. The molecule has 20 heavy (non-hydrogen) atoms. The third kappa shape index (κ3) is 3.31. The van der Waals surface area contributed by atoms with Gasteiger partial charge in [0.1, 0.15) is 4.99 Å². The van der Waals surface area contributed by atoms with Crippen LogP contribution in [0, 0.1) is 5.92 Å². The molecule has 1 aliphatic rings. The van der Waals surface area contributed by atoms with E-state index >= 15 is 0 Å². The van der Waals surface area contributed by atoms with E-state index in [4.69, 9.17) is 29.6 Å². The summed E-state index contributed by atoms with van der Waals surface area (Å²) in [4.78, 5) is 0.342. The molecule has 0 aliphatic heterocycles. The zero-order chi connectivity index (χ0) is 14.9. The highest BCUT2D eigenvalue weighted by atomic mass is 35.5. The fourth-order valence-corrected chi connectivity index (χ4v) is 4.12. The second kappa shape index (κ2) is 5.97. The molecule has 1 fully saturated rings. The van der Waals surface area contributed by atoms with Gasteiger partial charge in [-0.1, -0.05) is 30.7 Å². The van der Waals surface area contributed by atoms with Crippen LogP contribution in [0.15, 0.2) is 23.1 Å². The molecule has 0 unspecified atom stereocenters. The summed E-state index contributed by atoms with van der Waals surface area (Å²) in [6.45, 7) is 2.87. The van der Waals surface area contributed by atoms with Crippen LogP contribution < -0.4 is 5.73 Å². The topological polar surface area (TPSA) is 63.4 Å². The van der Waals surface area contributed by atoms with Gasteiger partial charge in [0, 0.05) is 18.7 Å². The molecule has 2 N–H and O–H groups in total. The van der Waals surface area contributed by atoms with Gasteiger partial charge in [0.15, 0.2) is 0 Å². The third-order valence-corrected chi connectivity index (χ3v) is 5.82. The van der Waals surface area contributed by atoms with Crippen LogP contribution in [-0.2, 0) is 10.0 Å². The summed E-state index contributed by atoms with van der Waals surface area (Å²) in [6.07, 6.45) is 2.21. The fourth-order valence-electron chi connectivity index (χ4n) is 1.99. The van der Waals surface area contributed by atoms with Crippen LogP contribution in [0.1, 0.15) is 25.3 Å². The lowest BCUT2D eigenvalue weighted by Gasteiger charge is -2.20. The van der Waals surface area contributed by atoms with Crippen molar-refractivity contribution in [3.05, 3.63) is 28.8 Å². The lowest BCUT2D eigenvalue weighted by Crippen LogP contribution is -2.32. The lowest BCUT2D eigenvalue weighted by atomic mass is 10.2. The molecular weight excluding hydrogens is 316 g/mol. The van der Waals surface area contributed by atoms with E-state index in [1.807, 2.05) is 6.92 Å². The minimum Gasteiger partial charge on any atom is -0.389 e. The number of thiocarbonyl (C=S) groups is 1. The van der Waals surface area contributed by atoms with E-state index in [2.05, 4.69) is 0 Å². The summed E-state index contributed by atoms with van der Waals surface area (Å²) < 4.78 is 26.6. The Hall–Kier alpha value is -0.690. The van der Waals surface area contributed by atoms with Crippen LogP contribution in [0.3, 0.4) is 0 Å². The second-order valence-electron chi connectivity index (χ2n) is 4.90. The molecule has 1 aromatic rings. The Morgan fingerprint density at radius 3 is 2.60 bits per heavy atom. The van der Waals surface area contributed by atoms with Crippen molar-refractivity contribution in [3.8, 4) is 0 Å². The third-order valence-electron chi connectivity index (χ3n) is 3.36. The predicted octanol–water partition coefficient (Wildman–Crippen LogP) is 2.39. The number of hydrogen-bond acceptors (Lipinski definition) is 3. The summed E-state index contributed by atoms with van der Waals surface area (Å²) in [5, 5.41) is 0.265. The minimum atomic E-state index is -3.51. The Morgan fingerprint density at radius 2 is 2.15 bits per heavy atom. The van der Waals surface area contributed by atoms with Gasteiger partial charge < -0.3 is 5.73 Å². The van der Waals surface area contributed by atoms with Gasteiger partial charge in [-0.3, -0.25) is 0 Å². The van der Waals surface area contributed by atoms with Crippen LogP contribution in [0.5, 0.6) is 0 Å². The number of nitrogens with two attached hydrogens (primary N) is 1. The molecule has 0 atom stereocenters. The van der Waals surface area contributed by atoms with Crippen LogP contribution >= 0.6 is 23.8 Å². The van der Waals surface area contributed by atoms with Crippen LogP contribution in [0.2, 0.25) is 5.02 Å². The first-order valence-corrected chi connectivity index (χ1v) is 8.68. The largest absolute Gasteiger partial charge is 0.389 e. The molecule has 1 aliphatic carbocycles. The molecule has 0 bridgehead atoms. The van der Waals surface area contributed by atoms with E-state index in [0.717, 1.165) is 12.8 Å². The van der Waals surface area contributed by atoms with Crippen molar-refractivity contribution in [2.45, 2.75) is 24.7 Å². The van der Waals surface area contributed by atoms with Crippen molar-refractivity contribution < 1.29 is 8.42 Å². The van der Waals surface area contributed by atoms with E-state index in [0.29, 0.717) is 24.6 Å². The van der Waals surface area contributed by atoms with E-state index in [1.54, 1.807) is 6.07 Å². The summed E-state index contributed by atoms with van der Waals surface area (Å²) >= 11 is 10.9. The quantitative estimate of drug-likeness (QED) is 0.812. The molecule has 0 spiro atoms. The Balaban J connectivity index is 2.32. The SMILES string of the molecule is CCN(CC1CC1)S(=O)(=O)c1ccc(C(N)=S)c(Cl)c1. The Kier molecular flexibility index (Phi) is 4.69. The number of sulfonamides is 1. The Labute approximate surface area is 130 Å². The average molecular weight is 333 g/mol. The maximum atomic E-state index is 12.6. The molecule has 1 saturated carbocycles. The summed E-state index contributed by atoms with van der Waals surface area (Å²) in [5.74, 6) is 0.496. The first kappa shape index (κ1) is 15.7. The Bertz CT molecular complexity index is 627. The van der Waals surface area contributed by atoms with Gasteiger partial charge in [-0.25, -0.2) is 8.42 Å². The van der Waals surface area contributed by atoms with Crippen molar-refractivity contribution in [2.24, 2.45) is 11.7 Å².